The van der Waals surface area contributed by atoms with Gasteiger partial charge in [0, 0.05) is 6.42 Å². The van der Waals surface area contributed by atoms with Gasteiger partial charge in [0.2, 0.25) is 0 Å². The van der Waals surface area contributed by atoms with Gasteiger partial charge in [-0.05, 0) is 99.2 Å². The van der Waals surface area contributed by atoms with E-state index in [9.17, 15) is 25.2 Å². The molecule has 0 radical (unpaired) electrons. The third kappa shape index (κ3) is 3.96. The minimum Gasteiger partial charge on any atom is -0.465 e. The predicted octanol–water partition coefficient (Wildman–Crippen LogP) is 2.85. The molecule has 4 aliphatic carbocycles. The van der Waals surface area contributed by atoms with Gasteiger partial charge < -0.3 is 34.6 Å². The topological polar surface area (TPSA) is 126 Å². The van der Waals surface area contributed by atoms with E-state index in [1.54, 1.807) is 6.92 Å². The number of aliphatic hydroxyl groups is 4. The molecule has 0 unspecified atom stereocenters. The second kappa shape index (κ2) is 9.52. The summed E-state index contributed by atoms with van der Waals surface area (Å²) in [5.41, 5.74) is 0.566. The molecule has 2 saturated heterocycles. The van der Waals surface area contributed by atoms with Crippen LogP contribution in [0.3, 0.4) is 0 Å². The van der Waals surface area contributed by atoms with Crippen molar-refractivity contribution in [2.45, 2.75) is 127 Å². The highest BCUT2D eigenvalue weighted by Crippen LogP contribution is 2.69. The molecule has 6 aliphatic rings. The quantitative estimate of drug-likeness (QED) is 0.322. The molecule has 6 rings (SSSR count). The van der Waals surface area contributed by atoms with E-state index in [1.165, 1.54) is 5.57 Å². The van der Waals surface area contributed by atoms with Gasteiger partial charge in [-0.3, -0.25) is 4.79 Å². The van der Waals surface area contributed by atoms with Crippen LogP contribution in [0, 0.1) is 34.5 Å². The zero-order valence-corrected chi connectivity index (χ0v) is 23.1. The highest BCUT2D eigenvalue weighted by molar-refractivity contribution is 5.70. The fourth-order valence-electron chi connectivity index (χ4n) is 9.85. The molecule has 5 fully saturated rings. The Hall–Kier alpha value is -1.03. The zero-order valence-electron chi connectivity index (χ0n) is 23.1. The molecule has 8 nitrogen and oxygen atoms in total. The van der Waals surface area contributed by atoms with Gasteiger partial charge in [-0.15, -0.1) is 0 Å². The van der Waals surface area contributed by atoms with Crippen molar-refractivity contribution in [1.29, 1.82) is 0 Å². The Morgan fingerprint density at radius 1 is 0.895 bits per heavy atom. The molecule has 13 atom stereocenters. The molecule has 0 aromatic heterocycles. The highest BCUT2D eigenvalue weighted by atomic mass is 16.7. The Morgan fingerprint density at radius 3 is 2.39 bits per heavy atom. The molecule has 38 heavy (non-hydrogen) atoms. The van der Waals surface area contributed by atoms with Crippen molar-refractivity contribution in [1.82, 2.24) is 0 Å². The second-order valence-corrected chi connectivity index (χ2v) is 13.8. The SMILES string of the molecule is C[C@@H]1O[C@@H](O[C@@H]2C=C3CC[C@@H]4[C@H](CC[C@]5(C)[C@@H]([C@H]6CCC(=O)OC6)CC[C@]45O)[C@@]3(C)CC2)[C@H](O)[C@H](O)[C@H]1O. The van der Waals surface area contributed by atoms with E-state index in [2.05, 4.69) is 19.9 Å². The van der Waals surface area contributed by atoms with Crippen molar-refractivity contribution in [3.63, 3.8) is 0 Å². The lowest BCUT2D eigenvalue weighted by Crippen LogP contribution is -2.61. The van der Waals surface area contributed by atoms with Gasteiger partial charge in [0.15, 0.2) is 6.29 Å². The minimum atomic E-state index is -1.30. The van der Waals surface area contributed by atoms with Gasteiger partial charge >= 0.3 is 5.97 Å². The van der Waals surface area contributed by atoms with Crippen LogP contribution in [-0.2, 0) is 19.0 Å². The fraction of sp³-hybridized carbons (Fsp3) is 0.900. The predicted molar refractivity (Wildman–Crippen MR) is 138 cm³/mol. The van der Waals surface area contributed by atoms with Crippen molar-refractivity contribution < 1.29 is 39.4 Å². The number of fused-ring (bicyclic) bond motifs is 5. The Labute approximate surface area is 225 Å². The lowest BCUT2D eigenvalue weighted by molar-refractivity contribution is -0.301. The summed E-state index contributed by atoms with van der Waals surface area (Å²) < 4.78 is 17.3. The first-order valence-corrected chi connectivity index (χ1v) is 14.9. The summed E-state index contributed by atoms with van der Waals surface area (Å²) >= 11 is 0. The molecule has 2 heterocycles. The van der Waals surface area contributed by atoms with Crippen LogP contribution < -0.4 is 0 Å². The molecule has 0 aromatic carbocycles. The number of ether oxygens (including phenoxy) is 3. The summed E-state index contributed by atoms with van der Waals surface area (Å²) in [6, 6.07) is 0. The molecule has 4 N–H and O–H groups in total. The first kappa shape index (κ1) is 27.2. The molecule has 0 amide bonds. The van der Waals surface area contributed by atoms with Gasteiger partial charge in [-0.25, -0.2) is 0 Å². The number of hydrogen-bond acceptors (Lipinski definition) is 8. The van der Waals surface area contributed by atoms with Crippen LogP contribution in [0.25, 0.3) is 0 Å². The smallest absolute Gasteiger partial charge is 0.305 e. The van der Waals surface area contributed by atoms with E-state index >= 15 is 0 Å². The van der Waals surface area contributed by atoms with Gasteiger partial charge in [-0.1, -0.05) is 25.5 Å². The van der Waals surface area contributed by atoms with Crippen molar-refractivity contribution in [3.8, 4) is 0 Å². The molecule has 214 valence electrons. The monoisotopic (exact) mass is 534 g/mol. The van der Waals surface area contributed by atoms with Gasteiger partial charge in [0.1, 0.15) is 18.3 Å². The number of esters is 1. The van der Waals surface area contributed by atoms with E-state index in [1.807, 2.05) is 0 Å². The molecule has 3 saturated carbocycles. The molecule has 0 bridgehead atoms. The zero-order chi connectivity index (χ0) is 27.0. The number of hydrogen-bond donors (Lipinski definition) is 4. The molecule has 2 aliphatic heterocycles. The highest BCUT2D eigenvalue weighted by Gasteiger charge is 2.67. The number of carbonyl (C=O) groups excluding carboxylic acids is 1. The third-order valence-corrected chi connectivity index (χ3v) is 12.2. The van der Waals surface area contributed by atoms with E-state index in [-0.39, 0.29) is 28.8 Å². The summed E-state index contributed by atoms with van der Waals surface area (Å²) in [6.45, 7) is 6.86. The first-order chi connectivity index (χ1) is 18.0. The van der Waals surface area contributed by atoms with Crippen molar-refractivity contribution >= 4 is 5.97 Å². The van der Waals surface area contributed by atoms with Crippen LogP contribution in [0.4, 0.5) is 0 Å². The maximum Gasteiger partial charge on any atom is 0.305 e. The summed E-state index contributed by atoms with van der Waals surface area (Å²) in [7, 11) is 0. The summed E-state index contributed by atoms with van der Waals surface area (Å²) in [4.78, 5) is 11.7. The number of carbonyl (C=O) groups is 1. The number of cyclic esters (lactones) is 1. The van der Waals surface area contributed by atoms with Crippen molar-refractivity contribution in [2.24, 2.45) is 34.5 Å². The molecular formula is C30H46O8. The summed E-state index contributed by atoms with van der Waals surface area (Å²) in [5, 5.41) is 43.1. The van der Waals surface area contributed by atoms with Crippen molar-refractivity contribution in [2.75, 3.05) is 6.61 Å². The van der Waals surface area contributed by atoms with E-state index in [0.29, 0.717) is 30.8 Å². The first-order valence-electron chi connectivity index (χ1n) is 14.9. The van der Waals surface area contributed by atoms with Crippen molar-refractivity contribution in [3.05, 3.63) is 11.6 Å². The molecule has 0 spiro atoms. The second-order valence-electron chi connectivity index (χ2n) is 13.8. The lowest BCUT2D eigenvalue weighted by atomic mass is 9.44. The van der Waals surface area contributed by atoms with E-state index in [4.69, 9.17) is 14.2 Å². The maximum atomic E-state index is 12.5. The summed E-state index contributed by atoms with van der Waals surface area (Å²) in [6.07, 6.45) is 5.61. The number of rotatable bonds is 3. The number of allylic oxidation sites excluding steroid dienone is 1. The molecular weight excluding hydrogens is 488 g/mol. The van der Waals surface area contributed by atoms with Gasteiger partial charge in [0.05, 0.1) is 24.4 Å². The summed E-state index contributed by atoms with van der Waals surface area (Å²) in [5.74, 6) is 1.34. The molecule has 0 aromatic rings. The Balaban J connectivity index is 1.18. The average Bonchev–Trinajstić information content (AvgIpc) is 3.18. The van der Waals surface area contributed by atoms with E-state index in [0.717, 1.165) is 57.8 Å². The fourth-order valence-corrected chi connectivity index (χ4v) is 9.85. The maximum absolute atomic E-state index is 12.5. The van der Waals surface area contributed by atoms with E-state index < -0.39 is 36.3 Å². The van der Waals surface area contributed by atoms with Gasteiger partial charge in [-0.2, -0.15) is 0 Å². The van der Waals surface area contributed by atoms with Crippen LogP contribution in [0.2, 0.25) is 0 Å². The Kier molecular flexibility index (Phi) is 6.80. The molecule has 8 heteroatoms. The van der Waals surface area contributed by atoms with Crippen LogP contribution in [0.5, 0.6) is 0 Å². The van der Waals surface area contributed by atoms with Crippen LogP contribution in [0.15, 0.2) is 11.6 Å². The number of aliphatic hydroxyl groups excluding tert-OH is 3. The van der Waals surface area contributed by atoms with Crippen LogP contribution >= 0.6 is 0 Å². The Bertz CT molecular complexity index is 958. The van der Waals surface area contributed by atoms with Crippen LogP contribution in [-0.4, -0.2) is 75.4 Å². The average molecular weight is 535 g/mol. The normalized spacial score (nSPS) is 54.8. The lowest BCUT2D eigenvalue weighted by Gasteiger charge is -2.62. The van der Waals surface area contributed by atoms with Crippen LogP contribution in [0.1, 0.15) is 85.0 Å². The standard InChI is InChI=1S/C30H46O8/c1-16-24(32)25(33)26(34)27(37-16)38-19-8-11-28(2)18(14-19)5-6-22-21(28)9-12-29(3)20(10-13-30(22,29)35)17-4-7-23(31)36-15-17/h14,16-17,19-22,24-27,32-35H,4-13,15H2,1-3H3/t16-,17-,19-,20+,21-,22+,24-,25+,26+,27-,28-,29+,30-/m0/s1. The van der Waals surface area contributed by atoms with Gasteiger partial charge in [0.25, 0.3) is 0 Å². The largest absolute Gasteiger partial charge is 0.465 e. The minimum absolute atomic E-state index is 0.00727. The Morgan fingerprint density at radius 2 is 1.66 bits per heavy atom. The third-order valence-electron chi connectivity index (χ3n) is 12.2.